The number of aryl methyl sites for hydroxylation is 1. The van der Waals surface area contributed by atoms with Crippen LogP contribution < -0.4 is 11.2 Å². The van der Waals surface area contributed by atoms with Crippen LogP contribution in [0.3, 0.4) is 0 Å². The van der Waals surface area contributed by atoms with E-state index in [1.165, 1.54) is 0 Å². The van der Waals surface area contributed by atoms with Crippen LogP contribution in [0.1, 0.15) is 40.2 Å². The van der Waals surface area contributed by atoms with Gasteiger partial charge >= 0.3 is 7.12 Å². The van der Waals surface area contributed by atoms with Crippen molar-refractivity contribution >= 4 is 18.4 Å². The van der Waals surface area contributed by atoms with Crippen molar-refractivity contribution in [2.24, 2.45) is 0 Å². The van der Waals surface area contributed by atoms with Gasteiger partial charge in [0.25, 0.3) is 0 Å². The number of nitrogens with two attached hydrogens (primary N) is 1. The summed E-state index contributed by atoms with van der Waals surface area (Å²) in [5.74, 6) is 0.497. The monoisotopic (exact) mass is 248 g/mol. The number of pyridine rings is 1. The molecule has 2 rings (SSSR count). The van der Waals surface area contributed by atoms with E-state index in [4.69, 9.17) is 15.0 Å². The average molecular weight is 248 g/mol. The highest BCUT2D eigenvalue weighted by Gasteiger charge is 2.52. The fraction of sp³-hybridized carbons (Fsp3) is 0.615. The second kappa shape index (κ2) is 4.25. The average Bonchev–Trinajstić information content (AvgIpc) is 2.48. The SMILES string of the molecule is CCc1cnc(N)cc1B1OC(C)(C)C(C)(C)O1. The smallest absolute Gasteiger partial charge is 0.399 e. The first-order chi connectivity index (χ1) is 8.27. The maximum absolute atomic E-state index is 6.04. The third-order valence-electron chi connectivity index (χ3n) is 3.93. The molecule has 0 spiro atoms. The fourth-order valence-electron chi connectivity index (χ4n) is 2.00. The van der Waals surface area contributed by atoms with Crippen molar-refractivity contribution in [1.29, 1.82) is 0 Å². The van der Waals surface area contributed by atoms with Crippen LogP contribution in [0.25, 0.3) is 0 Å². The Morgan fingerprint density at radius 2 is 1.78 bits per heavy atom. The Morgan fingerprint density at radius 3 is 2.28 bits per heavy atom. The molecule has 4 nitrogen and oxygen atoms in total. The zero-order valence-corrected chi connectivity index (χ0v) is 11.8. The highest BCUT2D eigenvalue weighted by atomic mass is 16.7. The van der Waals surface area contributed by atoms with E-state index in [2.05, 4.69) is 11.9 Å². The third kappa shape index (κ3) is 2.13. The van der Waals surface area contributed by atoms with E-state index >= 15 is 0 Å². The molecule has 18 heavy (non-hydrogen) atoms. The molecule has 0 saturated carbocycles. The highest BCUT2D eigenvalue weighted by Crippen LogP contribution is 2.36. The van der Waals surface area contributed by atoms with Crippen LogP contribution in [-0.4, -0.2) is 23.3 Å². The van der Waals surface area contributed by atoms with Crippen LogP contribution >= 0.6 is 0 Å². The normalized spacial score (nSPS) is 21.3. The predicted octanol–water partition coefficient (Wildman–Crippen LogP) is 1.53. The zero-order valence-electron chi connectivity index (χ0n) is 11.8. The standard InChI is InChI=1S/C13H21BN2O2/c1-6-9-8-16-11(15)7-10(9)14-17-12(2,3)13(4,5)18-14/h7-8H,6H2,1-5H3,(H2,15,16). The van der Waals surface area contributed by atoms with Crippen LogP contribution in [-0.2, 0) is 15.7 Å². The largest absolute Gasteiger partial charge is 0.495 e. The van der Waals surface area contributed by atoms with Gasteiger partial charge in [-0.15, -0.1) is 0 Å². The van der Waals surface area contributed by atoms with Crippen molar-refractivity contribution in [3.8, 4) is 0 Å². The molecular formula is C13H21BN2O2. The lowest BCUT2D eigenvalue weighted by molar-refractivity contribution is 0.00578. The van der Waals surface area contributed by atoms with E-state index in [-0.39, 0.29) is 18.3 Å². The Morgan fingerprint density at radius 1 is 1.22 bits per heavy atom. The molecule has 1 aromatic rings. The Labute approximate surface area is 109 Å². The number of aromatic nitrogens is 1. The second-order valence-corrected chi connectivity index (χ2v) is 5.75. The molecule has 0 aliphatic carbocycles. The lowest BCUT2D eigenvalue weighted by atomic mass is 9.76. The second-order valence-electron chi connectivity index (χ2n) is 5.75. The van der Waals surface area contributed by atoms with E-state index in [1.54, 1.807) is 6.20 Å². The first-order valence-corrected chi connectivity index (χ1v) is 6.37. The van der Waals surface area contributed by atoms with E-state index in [0.29, 0.717) is 5.82 Å². The Balaban J connectivity index is 2.37. The molecule has 0 unspecified atom stereocenters. The highest BCUT2D eigenvalue weighted by molar-refractivity contribution is 6.62. The topological polar surface area (TPSA) is 57.4 Å². The Kier molecular flexibility index (Phi) is 3.15. The lowest BCUT2D eigenvalue weighted by Gasteiger charge is -2.32. The molecule has 1 aliphatic heterocycles. The van der Waals surface area contributed by atoms with Gasteiger partial charge in [-0.3, -0.25) is 0 Å². The summed E-state index contributed by atoms with van der Waals surface area (Å²) in [7, 11) is -0.366. The predicted molar refractivity (Wildman–Crippen MR) is 73.7 cm³/mol. The molecule has 1 fully saturated rings. The molecule has 1 saturated heterocycles. The Bertz CT molecular complexity index is 444. The molecular weight excluding hydrogens is 227 g/mol. The van der Waals surface area contributed by atoms with Gasteiger partial charge in [0.1, 0.15) is 5.82 Å². The van der Waals surface area contributed by atoms with E-state index < -0.39 is 0 Å². The molecule has 5 heteroatoms. The molecule has 1 aliphatic rings. The van der Waals surface area contributed by atoms with Crippen molar-refractivity contribution in [2.75, 3.05) is 5.73 Å². The molecule has 0 atom stereocenters. The molecule has 1 aromatic heterocycles. The third-order valence-corrected chi connectivity index (χ3v) is 3.93. The van der Waals surface area contributed by atoms with Gasteiger partial charge in [-0.1, -0.05) is 6.92 Å². The van der Waals surface area contributed by atoms with Crippen molar-refractivity contribution in [1.82, 2.24) is 4.98 Å². The summed E-state index contributed by atoms with van der Waals surface area (Å²) in [6, 6.07) is 1.85. The summed E-state index contributed by atoms with van der Waals surface area (Å²) in [6.07, 6.45) is 2.68. The fourth-order valence-corrected chi connectivity index (χ4v) is 2.00. The summed E-state index contributed by atoms with van der Waals surface area (Å²) >= 11 is 0. The maximum atomic E-state index is 6.04. The first kappa shape index (κ1) is 13.4. The van der Waals surface area contributed by atoms with Gasteiger partial charge in [0.2, 0.25) is 0 Å². The lowest BCUT2D eigenvalue weighted by Crippen LogP contribution is -2.41. The number of rotatable bonds is 2. The molecule has 2 heterocycles. The summed E-state index contributed by atoms with van der Waals surface area (Å²) in [4.78, 5) is 4.12. The van der Waals surface area contributed by atoms with Gasteiger partial charge in [-0.25, -0.2) is 4.98 Å². The number of anilines is 1. The minimum Gasteiger partial charge on any atom is -0.399 e. The number of hydrogen-bond donors (Lipinski definition) is 1. The minimum atomic E-state index is -0.366. The molecule has 98 valence electrons. The van der Waals surface area contributed by atoms with Gasteiger partial charge in [-0.05, 0) is 51.2 Å². The van der Waals surface area contributed by atoms with Crippen LogP contribution in [0.2, 0.25) is 0 Å². The molecule has 0 amide bonds. The minimum absolute atomic E-state index is 0.333. The molecule has 2 N–H and O–H groups in total. The van der Waals surface area contributed by atoms with Gasteiger partial charge in [0.05, 0.1) is 11.2 Å². The first-order valence-electron chi connectivity index (χ1n) is 6.37. The van der Waals surface area contributed by atoms with Crippen LogP contribution in [0.5, 0.6) is 0 Å². The van der Waals surface area contributed by atoms with Gasteiger partial charge < -0.3 is 15.0 Å². The quantitative estimate of drug-likeness (QED) is 0.806. The van der Waals surface area contributed by atoms with Crippen LogP contribution in [0.4, 0.5) is 5.82 Å². The molecule has 0 bridgehead atoms. The summed E-state index contributed by atoms with van der Waals surface area (Å²) < 4.78 is 12.1. The van der Waals surface area contributed by atoms with Gasteiger partial charge in [0, 0.05) is 6.20 Å². The molecule has 0 radical (unpaired) electrons. The van der Waals surface area contributed by atoms with E-state index in [1.807, 2.05) is 33.8 Å². The maximum Gasteiger partial charge on any atom is 0.495 e. The van der Waals surface area contributed by atoms with Crippen molar-refractivity contribution in [3.63, 3.8) is 0 Å². The van der Waals surface area contributed by atoms with E-state index in [0.717, 1.165) is 17.4 Å². The summed E-state index contributed by atoms with van der Waals surface area (Å²) in [5.41, 5.74) is 7.20. The van der Waals surface area contributed by atoms with Crippen molar-refractivity contribution in [2.45, 2.75) is 52.2 Å². The van der Waals surface area contributed by atoms with E-state index in [9.17, 15) is 0 Å². The summed E-state index contributed by atoms with van der Waals surface area (Å²) in [6.45, 7) is 10.3. The van der Waals surface area contributed by atoms with Crippen LogP contribution in [0, 0.1) is 0 Å². The Hall–Kier alpha value is -1.07. The van der Waals surface area contributed by atoms with Crippen LogP contribution in [0.15, 0.2) is 12.3 Å². The van der Waals surface area contributed by atoms with Gasteiger partial charge in [-0.2, -0.15) is 0 Å². The van der Waals surface area contributed by atoms with Crippen molar-refractivity contribution < 1.29 is 9.31 Å². The molecule has 0 aromatic carbocycles. The van der Waals surface area contributed by atoms with Crippen molar-refractivity contribution in [3.05, 3.63) is 17.8 Å². The number of nitrogen functional groups attached to an aromatic ring is 1. The van der Waals surface area contributed by atoms with Gasteiger partial charge in [0.15, 0.2) is 0 Å². The zero-order chi connectivity index (χ0) is 13.6. The summed E-state index contributed by atoms with van der Waals surface area (Å²) in [5, 5.41) is 0. The number of nitrogens with zero attached hydrogens (tertiary/aromatic N) is 1. The number of hydrogen-bond acceptors (Lipinski definition) is 4.